The van der Waals surface area contributed by atoms with Gasteiger partial charge in [-0.05, 0) is 25.0 Å². The van der Waals surface area contributed by atoms with Crippen molar-refractivity contribution >= 4 is 0 Å². The zero-order chi connectivity index (χ0) is 7.68. The molecule has 1 atom stereocenters. The molecule has 0 aromatic rings. The standard InChI is InChI=1S/C9H10O2/c10-9-6-5-7-3-1-2-4-8(7)11-9/h1-2,4,6-7,10H,3,5H2. The molecule has 11 heavy (non-hydrogen) atoms. The van der Waals surface area contributed by atoms with Crippen molar-refractivity contribution in [3.05, 3.63) is 36.0 Å². The summed E-state index contributed by atoms with van der Waals surface area (Å²) in [7, 11) is 0. The molecule has 0 saturated carbocycles. The zero-order valence-electron chi connectivity index (χ0n) is 6.16. The lowest BCUT2D eigenvalue weighted by atomic mass is 9.94. The molecular formula is C9H10O2. The number of hydrogen-bond acceptors (Lipinski definition) is 2. The number of aliphatic hydroxyl groups is 1. The molecular weight excluding hydrogens is 140 g/mol. The molecule has 1 aliphatic carbocycles. The second-order valence-electron chi connectivity index (χ2n) is 2.81. The fourth-order valence-electron chi connectivity index (χ4n) is 1.39. The van der Waals surface area contributed by atoms with Gasteiger partial charge in [-0.15, -0.1) is 0 Å². The van der Waals surface area contributed by atoms with E-state index >= 15 is 0 Å². The van der Waals surface area contributed by atoms with E-state index in [2.05, 4.69) is 6.08 Å². The maximum atomic E-state index is 9.02. The molecule has 2 rings (SSSR count). The number of ether oxygens (including phenoxy) is 1. The topological polar surface area (TPSA) is 29.5 Å². The van der Waals surface area contributed by atoms with Crippen LogP contribution in [0.2, 0.25) is 0 Å². The normalized spacial score (nSPS) is 28.2. The lowest BCUT2D eigenvalue weighted by Gasteiger charge is -2.23. The van der Waals surface area contributed by atoms with E-state index in [1.807, 2.05) is 12.2 Å². The molecule has 1 heterocycles. The maximum absolute atomic E-state index is 9.02. The van der Waals surface area contributed by atoms with E-state index in [1.54, 1.807) is 6.08 Å². The minimum atomic E-state index is 0.0443. The average Bonchev–Trinajstić information content (AvgIpc) is 2.04. The van der Waals surface area contributed by atoms with Gasteiger partial charge in [0.2, 0.25) is 0 Å². The van der Waals surface area contributed by atoms with Crippen LogP contribution in [-0.4, -0.2) is 5.11 Å². The van der Waals surface area contributed by atoms with Crippen LogP contribution < -0.4 is 0 Å². The highest BCUT2D eigenvalue weighted by Gasteiger charge is 2.21. The van der Waals surface area contributed by atoms with Crippen LogP contribution in [0.25, 0.3) is 0 Å². The van der Waals surface area contributed by atoms with Gasteiger partial charge in [0.15, 0.2) is 0 Å². The van der Waals surface area contributed by atoms with Crippen LogP contribution in [0.4, 0.5) is 0 Å². The third kappa shape index (κ3) is 1.16. The molecule has 0 radical (unpaired) electrons. The highest BCUT2D eigenvalue weighted by atomic mass is 16.6. The maximum Gasteiger partial charge on any atom is 0.277 e. The fraction of sp³-hybridized carbons (Fsp3) is 0.333. The summed E-state index contributed by atoms with van der Waals surface area (Å²) in [6.07, 6.45) is 9.63. The molecule has 0 spiro atoms. The van der Waals surface area contributed by atoms with Crippen LogP contribution in [0.1, 0.15) is 12.8 Å². The van der Waals surface area contributed by atoms with Gasteiger partial charge in [-0.1, -0.05) is 12.2 Å². The summed E-state index contributed by atoms with van der Waals surface area (Å²) < 4.78 is 5.12. The third-order valence-corrected chi connectivity index (χ3v) is 2.02. The molecule has 1 aliphatic heterocycles. The molecule has 1 N–H and O–H groups in total. The van der Waals surface area contributed by atoms with Gasteiger partial charge >= 0.3 is 0 Å². The zero-order valence-corrected chi connectivity index (χ0v) is 6.16. The number of hydrogen-bond donors (Lipinski definition) is 1. The van der Waals surface area contributed by atoms with Gasteiger partial charge in [0, 0.05) is 5.92 Å². The largest absolute Gasteiger partial charge is 0.481 e. The van der Waals surface area contributed by atoms with Crippen LogP contribution in [0.5, 0.6) is 0 Å². The van der Waals surface area contributed by atoms with Crippen molar-refractivity contribution in [1.29, 1.82) is 0 Å². The number of rotatable bonds is 0. The number of fused-ring (bicyclic) bond motifs is 1. The first-order valence-electron chi connectivity index (χ1n) is 3.80. The van der Waals surface area contributed by atoms with Crippen molar-refractivity contribution in [1.82, 2.24) is 0 Å². The Morgan fingerprint density at radius 1 is 1.45 bits per heavy atom. The van der Waals surface area contributed by atoms with Crippen LogP contribution in [0.15, 0.2) is 36.0 Å². The SMILES string of the molecule is OC1=CCC2CC=CC=C2O1. The molecule has 2 nitrogen and oxygen atoms in total. The Bertz CT molecular complexity index is 248. The molecule has 0 saturated heterocycles. The van der Waals surface area contributed by atoms with Gasteiger partial charge in [-0.3, -0.25) is 0 Å². The minimum absolute atomic E-state index is 0.0443. The third-order valence-electron chi connectivity index (χ3n) is 2.02. The highest BCUT2D eigenvalue weighted by molar-refractivity contribution is 5.20. The predicted octanol–water partition coefficient (Wildman–Crippen LogP) is 2.27. The second kappa shape index (κ2) is 2.46. The first kappa shape index (κ1) is 6.53. The fourth-order valence-corrected chi connectivity index (χ4v) is 1.39. The second-order valence-corrected chi connectivity index (χ2v) is 2.81. The van der Waals surface area contributed by atoms with E-state index in [0.717, 1.165) is 18.6 Å². The molecule has 1 unspecified atom stereocenters. The molecule has 0 amide bonds. The van der Waals surface area contributed by atoms with E-state index < -0.39 is 0 Å². The predicted molar refractivity (Wildman–Crippen MR) is 41.7 cm³/mol. The van der Waals surface area contributed by atoms with Gasteiger partial charge < -0.3 is 9.84 Å². The molecule has 2 heteroatoms. The van der Waals surface area contributed by atoms with Gasteiger partial charge in [0.25, 0.3) is 5.95 Å². The quantitative estimate of drug-likeness (QED) is 0.574. The van der Waals surface area contributed by atoms with Crippen molar-refractivity contribution < 1.29 is 9.84 Å². The Morgan fingerprint density at radius 3 is 3.27 bits per heavy atom. The van der Waals surface area contributed by atoms with E-state index in [4.69, 9.17) is 9.84 Å². The summed E-state index contributed by atoms with van der Waals surface area (Å²) in [5.41, 5.74) is 0. The van der Waals surface area contributed by atoms with Crippen LogP contribution in [0.3, 0.4) is 0 Å². The van der Waals surface area contributed by atoms with Crippen LogP contribution in [-0.2, 0) is 4.74 Å². The Balaban J connectivity index is 2.23. The molecule has 0 bridgehead atoms. The number of allylic oxidation sites excluding steroid dienone is 5. The van der Waals surface area contributed by atoms with Crippen molar-refractivity contribution in [2.24, 2.45) is 5.92 Å². The highest BCUT2D eigenvalue weighted by Crippen LogP contribution is 2.30. The summed E-state index contributed by atoms with van der Waals surface area (Å²) in [5.74, 6) is 1.39. The number of aliphatic hydroxyl groups excluding tert-OH is 1. The van der Waals surface area contributed by atoms with Crippen molar-refractivity contribution in [3.8, 4) is 0 Å². The lowest BCUT2D eigenvalue weighted by molar-refractivity contribution is 0.109. The summed E-state index contributed by atoms with van der Waals surface area (Å²) >= 11 is 0. The molecule has 0 aromatic heterocycles. The van der Waals surface area contributed by atoms with Gasteiger partial charge in [0.1, 0.15) is 5.76 Å². The Morgan fingerprint density at radius 2 is 2.36 bits per heavy atom. The van der Waals surface area contributed by atoms with Gasteiger partial charge in [-0.25, -0.2) is 0 Å². The summed E-state index contributed by atoms with van der Waals surface area (Å²) in [6.45, 7) is 0. The minimum Gasteiger partial charge on any atom is -0.481 e. The summed E-state index contributed by atoms with van der Waals surface area (Å²) in [5, 5.41) is 9.02. The average molecular weight is 150 g/mol. The summed E-state index contributed by atoms with van der Waals surface area (Å²) in [6, 6.07) is 0. The van der Waals surface area contributed by atoms with E-state index in [-0.39, 0.29) is 5.95 Å². The van der Waals surface area contributed by atoms with E-state index in [1.165, 1.54) is 0 Å². The van der Waals surface area contributed by atoms with Gasteiger partial charge in [-0.2, -0.15) is 0 Å². The smallest absolute Gasteiger partial charge is 0.277 e. The Labute approximate surface area is 65.5 Å². The lowest BCUT2D eigenvalue weighted by Crippen LogP contribution is -2.12. The first-order valence-corrected chi connectivity index (χ1v) is 3.80. The van der Waals surface area contributed by atoms with Crippen LogP contribution in [0, 0.1) is 5.92 Å². The summed E-state index contributed by atoms with van der Waals surface area (Å²) in [4.78, 5) is 0. The first-order chi connectivity index (χ1) is 5.36. The molecule has 0 fully saturated rings. The monoisotopic (exact) mass is 150 g/mol. The van der Waals surface area contributed by atoms with Crippen molar-refractivity contribution in [2.45, 2.75) is 12.8 Å². The van der Waals surface area contributed by atoms with E-state index in [9.17, 15) is 0 Å². The van der Waals surface area contributed by atoms with Gasteiger partial charge in [0.05, 0.1) is 0 Å². The molecule has 2 aliphatic rings. The molecule has 0 aromatic carbocycles. The van der Waals surface area contributed by atoms with E-state index in [0.29, 0.717) is 5.92 Å². The Kier molecular flexibility index (Phi) is 1.46. The Hall–Kier alpha value is -1.18. The van der Waals surface area contributed by atoms with Crippen LogP contribution >= 0.6 is 0 Å². The molecule has 58 valence electrons. The van der Waals surface area contributed by atoms with Crippen molar-refractivity contribution in [2.75, 3.05) is 0 Å². The van der Waals surface area contributed by atoms with Crippen molar-refractivity contribution in [3.63, 3.8) is 0 Å².